The lowest BCUT2D eigenvalue weighted by molar-refractivity contribution is 0.102. The van der Waals surface area contributed by atoms with Crippen LogP contribution in [0, 0.1) is 11.3 Å². The largest absolute Gasteiger partial charge is 0.304 e. The molecule has 0 aliphatic heterocycles. The Labute approximate surface area is 112 Å². The van der Waals surface area contributed by atoms with Gasteiger partial charge in [0, 0.05) is 23.3 Å². The highest BCUT2D eigenvalue weighted by Gasteiger charge is 2.12. The topological polar surface area (TPSA) is 70.7 Å². The molecule has 0 bridgehead atoms. The van der Waals surface area contributed by atoms with Crippen molar-refractivity contribution in [3.05, 3.63) is 46.1 Å². The van der Waals surface area contributed by atoms with E-state index in [0.29, 0.717) is 11.1 Å². The molecule has 0 fully saturated rings. The lowest BCUT2D eigenvalue weighted by atomic mass is 10.2. The number of hydrogen-bond acceptors (Lipinski definition) is 3. The first-order valence-corrected chi connectivity index (χ1v) is 5.90. The van der Waals surface area contributed by atoms with Crippen molar-refractivity contribution >= 4 is 27.7 Å². The van der Waals surface area contributed by atoms with Crippen molar-refractivity contribution in [2.45, 2.75) is 0 Å². The van der Waals surface area contributed by atoms with Gasteiger partial charge in [-0.15, -0.1) is 0 Å². The van der Waals surface area contributed by atoms with E-state index < -0.39 is 0 Å². The zero-order chi connectivity index (χ0) is 13.1. The average molecular weight is 305 g/mol. The SMILES string of the molecule is Cn1cc(C#N)c(NC(=O)c2ccc(Br)cc2)n1. The first-order chi connectivity index (χ1) is 8.60. The number of halogens is 1. The minimum absolute atomic E-state index is 0.271. The molecule has 90 valence electrons. The Hall–Kier alpha value is -2.13. The Bertz CT molecular complexity index is 625. The number of hydrogen-bond donors (Lipinski definition) is 1. The van der Waals surface area contributed by atoms with Gasteiger partial charge in [0.1, 0.15) is 11.6 Å². The maximum absolute atomic E-state index is 11.9. The van der Waals surface area contributed by atoms with Crippen molar-refractivity contribution in [2.75, 3.05) is 5.32 Å². The Balaban J connectivity index is 2.21. The number of nitrogens with zero attached hydrogens (tertiary/aromatic N) is 3. The second-order valence-electron chi connectivity index (χ2n) is 3.64. The lowest BCUT2D eigenvalue weighted by Gasteiger charge is -2.02. The van der Waals surface area contributed by atoms with E-state index in [1.54, 1.807) is 37.5 Å². The number of amides is 1. The first kappa shape index (κ1) is 12.3. The smallest absolute Gasteiger partial charge is 0.256 e. The maximum atomic E-state index is 11.9. The molecule has 2 rings (SSSR count). The van der Waals surface area contributed by atoms with Gasteiger partial charge >= 0.3 is 0 Å². The third-order valence-electron chi connectivity index (χ3n) is 2.29. The fraction of sp³-hybridized carbons (Fsp3) is 0.0833. The summed E-state index contributed by atoms with van der Waals surface area (Å²) in [5.74, 6) is -0.0226. The third kappa shape index (κ3) is 2.57. The summed E-state index contributed by atoms with van der Waals surface area (Å²) in [5.41, 5.74) is 0.843. The van der Waals surface area contributed by atoms with Crippen LogP contribution in [0.2, 0.25) is 0 Å². The fourth-order valence-electron chi connectivity index (χ4n) is 1.44. The molecule has 0 aliphatic rings. The van der Waals surface area contributed by atoms with Crippen molar-refractivity contribution in [2.24, 2.45) is 7.05 Å². The van der Waals surface area contributed by atoms with E-state index in [1.807, 2.05) is 6.07 Å². The molecule has 0 radical (unpaired) electrons. The number of carbonyl (C=O) groups excluding carboxylic acids is 1. The van der Waals surface area contributed by atoms with Crippen LogP contribution in [0.3, 0.4) is 0 Å². The number of nitriles is 1. The minimum Gasteiger partial charge on any atom is -0.304 e. The molecule has 6 heteroatoms. The Kier molecular flexibility index (Phi) is 3.44. The molecule has 0 saturated heterocycles. The van der Waals surface area contributed by atoms with Gasteiger partial charge in [0.05, 0.1) is 0 Å². The van der Waals surface area contributed by atoms with E-state index in [4.69, 9.17) is 5.26 Å². The molecule has 18 heavy (non-hydrogen) atoms. The highest BCUT2D eigenvalue weighted by atomic mass is 79.9. The van der Waals surface area contributed by atoms with Gasteiger partial charge in [-0.1, -0.05) is 15.9 Å². The van der Waals surface area contributed by atoms with Gasteiger partial charge in [0.15, 0.2) is 5.82 Å². The molecule has 1 N–H and O–H groups in total. The predicted octanol–water partition coefficient (Wildman–Crippen LogP) is 2.31. The summed E-state index contributed by atoms with van der Waals surface area (Å²) in [6.45, 7) is 0. The number of nitrogens with one attached hydrogen (secondary N) is 1. The monoisotopic (exact) mass is 304 g/mol. The molecule has 0 saturated carbocycles. The highest BCUT2D eigenvalue weighted by molar-refractivity contribution is 9.10. The summed E-state index contributed by atoms with van der Waals surface area (Å²) in [6.07, 6.45) is 1.55. The van der Waals surface area contributed by atoms with Crippen LogP contribution in [0.15, 0.2) is 34.9 Å². The first-order valence-electron chi connectivity index (χ1n) is 5.11. The van der Waals surface area contributed by atoms with Gasteiger partial charge in [-0.3, -0.25) is 9.48 Å². The van der Waals surface area contributed by atoms with E-state index in [0.717, 1.165) is 4.47 Å². The quantitative estimate of drug-likeness (QED) is 0.925. The van der Waals surface area contributed by atoms with Crippen LogP contribution in [-0.4, -0.2) is 15.7 Å². The molecule has 5 nitrogen and oxygen atoms in total. The third-order valence-corrected chi connectivity index (χ3v) is 2.82. The van der Waals surface area contributed by atoms with Gasteiger partial charge < -0.3 is 5.32 Å². The van der Waals surface area contributed by atoms with E-state index >= 15 is 0 Å². The average Bonchev–Trinajstić information content (AvgIpc) is 2.70. The molecule has 1 heterocycles. The van der Waals surface area contributed by atoms with Crippen molar-refractivity contribution in [1.82, 2.24) is 9.78 Å². The lowest BCUT2D eigenvalue weighted by Crippen LogP contribution is -2.13. The molecule has 2 aromatic rings. The van der Waals surface area contributed by atoms with Crippen molar-refractivity contribution in [3.63, 3.8) is 0 Å². The summed E-state index contributed by atoms with van der Waals surface area (Å²) in [5, 5.41) is 15.5. The van der Waals surface area contributed by atoms with Gasteiger partial charge in [0.2, 0.25) is 0 Å². The molecular weight excluding hydrogens is 296 g/mol. The Morgan fingerprint density at radius 1 is 1.44 bits per heavy atom. The van der Waals surface area contributed by atoms with Gasteiger partial charge in [-0.05, 0) is 24.3 Å². The second kappa shape index (κ2) is 5.02. The summed E-state index contributed by atoms with van der Waals surface area (Å²) >= 11 is 3.30. The maximum Gasteiger partial charge on any atom is 0.256 e. The van der Waals surface area contributed by atoms with Crippen molar-refractivity contribution in [1.29, 1.82) is 5.26 Å². The number of rotatable bonds is 2. The minimum atomic E-state index is -0.294. The summed E-state index contributed by atoms with van der Waals surface area (Å²) in [6, 6.07) is 8.91. The molecule has 1 aromatic heterocycles. The van der Waals surface area contributed by atoms with Crippen LogP contribution in [0.4, 0.5) is 5.82 Å². The molecule has 0 aliphatic carbocycles. The van der Waals surface area contributed by atoms with Crippen LogP contribution in [0.1, 0.15) is 15.9 Å². The van der Waals surface area contributed by atoms with Gasteiger partial charge in [-0.2, -0.15) is 10.4 Å². The summed E-state index contributed by atoms with van der Waals surface area (Å²) < 4.78 is 2.38. The number of aromatic nitrogens is 2. The number of carbonyl (C=O) groups is 1. The number of aryl methyl sites for hydroxylation is 1. The number of anilines is 1. The Morgan fingerprint density at radius 3 is 2.72 bits per heavy atom. The van der Waals surface area contributed by atoms with E-state index in [2.05, 4.69) is 26.3 Å². The Morgan fingerprint density at radius 2 is 2.11 bits per heavy atom. The van der Waals surface area contributed by atoms with E-state index in [1.165, 1.54) is 4.68 Å². The highest BCUT2D eigenvalue weighted by Crippen LogP contribution is 2.14. The van der Waals surface area contributed by atoms with Crippen molar-refractivity contribution < 1.29 is 4.79 Å². The summed E-state index contributed by atoms with van der Waals surface area (Å²) in [7, 11) is 1.69. The predicted molar refractivity (Wildman–Crippen MR) is 70.0 cm³/mol. The number of benzene rings is 1. The second-order valence-corrected chi connectivity index (χ2v) is 4.55. The zero-order valence-electron chi connectivity index (χ0n) is 9.51. The van der Waals surface area contributed by atoms with Gasteiger partial charge in [0.25, 0.3) is 5.91 Å². The molecular formula is C12H9BrN4O. The van der Waals surface area contributed by atoms with Crippen molar-refractivity contribution in [3.8, 4) is 6.07 Å². The summed E-state index contributed by atoms with van der Waals surface area (Å²) in [4.78, 5) is 11.9. The van der Waals surface area contributed by atoms with Crippen LogP contribution in [-0.2, 0) is 7.05 Å². The molecule has 0 spiro atoms. The molecule has 1 aromatic carbocycles. The van der Waals surface area contributed by atoms with Crippen LogP contribution in [0.5, 0.6) is 0 Å². The molecule has 1 amide bonds. The normalized spacial score (nSPS) is 9.83. The van der Waals surface area contributed by atoms with Crippen LogP contribution < -0.4 is 5.32 Å². The van der Waals surface area contributed by atoms with Gasteiger partial charge in [-0.25, -0.2) is 0 Å². The molecule has 0 unspecified atom stereocenters. The zero-order valence-corrected chi connectivity index (χ0v) is 11.1. The standard InChI is InChI=1S/C12H9BrN4O/c1-17-7-9(6-14)11(16-17)15-12(18)8-2-4-10(13)5-3-8/h2-5,7H,1H3,(H,15,16,18). The van der Waals surface area contributed by atoms with Crippen LogP contribution >= 0.6 is 15.9 Å². The molecule has 0 atom stereocenters. The van der Waals surface area contributed by atoms with E-state index in [-0.39, 0.29) is 11.7 Å². The fourth-order valence-corrected chi connectivity index (χ4v) is 1.71. The van der Waals surface area contributed by atoms with Crippen LogP contribution in [0.25, 0.3) is 0 Å². The van der Waals surface area contributed by atoms with E-state index in [9.17, 15) is 4.79 Å².